The number of tetrazole rings is 1. The fourth-order valence-corrected chi connectivity index (χ4v) is 2.98. The first kappa shape index (κ1) is 18.1. The zero-order valence-corrected chi connectivity index (χ0v) is 15.5. The second kappa shape index (κ2) is 7.39. The Bertz CT molecular complexity index is 1180. The highest BCUT2D eigenvalue weighted by Crippen LogP contribution is 2.20. The van der Waals surface area contributed by atoms with E-state index in [0.717, 1.165) is 11.1 Å². The third kappa shape index (κ3) is 3.74. The van der Waals surface area contributed by atoms with Crippen LogP contribution in [-0.4, -0.2) is 37.0 Å². The lowest BCUT2D eigenvalue weighted by Gasteiger charge is -2.11. The molecule has 2 aromatic heterocycles. The number of hydrogen-bond donors (Lipinski definition) is 3. The van der Waals surface area contributed by atoms with E-state index < -0.39 is 5.91 Å². The average Bonchev–Trinajstić information content (AvgIpc) is 3.38. The number of aryl methyl sites for hydroxylation is 1. The van der Waals surface area contributed by atoms with Gasteiger partial charge in [0.2, 0.25) is 5.91 Å². The van der Waals surface area contributed by atoms with E-state index in [-0.39, 0.29) is 5.91 Å². The van der Waals surface area contributed by atoms with Gasteiger partial charge in [0.05, 0.1) is 0 Å². The van der Waals surface area contributed by atoms with Crippen molar-refractivity contribution in [3.63, 3.8) is 0 Å². The quantitative estimate of drug-likeness (QED) is 0.483. The number of primary amides is 1. The van der Waals surface area contributed by atoms with Gasteiger partial charge in [-0.25, -0.2) is 5.10 Å². The van der Waals surface area contributed by atoms with Crippen LogP contribution in [0.15, 0.2) is 60.8 Å². The zero-order chi connectivity index (χ0) is 20.4. The second-order valence-corrected chi connectivity index (χ2v) is 6.47. The second-order valence-electron chi connectivity index (χ2n) is 6.47. The molecule has 0 fully saturated rings. The minimum absolute atomic E-state index is 0.281. The van der Waals surface area contributed by atoms with Crippen LogP contribution in [0.5, 0.6) is 0 Å². The Morgan fingerprint density at radius 3 is 2.59 bits per heavy atom. The molecule has 2 amide bonds. The van der Waals surface area contributed by atoms with Crippen molar-refractivity contribution >= 4 is 17.5 Å². The summed E-state index contributed by atoms with van der Waals surface area (Å²) in [5.41, 5.74) is 9.19. The molecule has 2 heterocycles. The van der Waals surface area contributed by atoms with Crippen molar-refractivity contribution in [2.24, 2.45) is 5.73 Å². The van der Waals surface area contributed by atoms with Crippen LogP contribution in [0.4, 0.5) is 5.69 Å². The van der Waals surface area contributed by atoms with E-state index in [1.807, 2.05) is 19.2 Å². The van der Waals surface area contributed by atoms with Gasteiger partial charge in [0.15, 0.2) is 5.82 Å². The molecule has 0 aliphatic rings. The first-order valence-electron chi connectivity index (χ1n) is 8.76. The van der Waals surface area contributed by atoms with Crippen molar-refractivity contribution in [2.45, 2.75) is 6.92 Å². The van der Waals surface area contributed by atoms with Crippen LogP contribution in [0.2, 0.25) is 0 Å². The number of nitrogens with zero attached hydrogens (tertiary/aromatic N) is 4. The van der Waals surface area contributed by atoms with E-state index in [1.165, 1.54) is 0 Å². The van der Waals surface area contributed by atoms with Gasteiger partial charge in [-0.2, -0.15) is 0 Å². The van der Waals surface area contributed by atoms with Crippen LogP contribution in [0.25, 0.3) is 17.1 Å². The molecule has 144 valence electrons. The molecular weight excluding hydrogens is 370 g/mol. The molecule has 0 bridgehead atoms. The van der Waals surface area contributed by atoms with Gasteiger partial charge < -0.3 is 15.6 Å². The molecule has 4 aromatic rings. The molecule has 0 atom stereocenters. The zero-order valence-electron chi connectivity index (χ0n) is 15.5. The van der Waals surface area contributed by atoms with Gasteiger partial charge in [0.25, 0.3) is 5.91 Å². The topological polar surface area (TPSA) is 132 Å². The molecule has 0 saturated carbocycles. The highest BCUT2D eigenvalue weighted by Gasteiger charge is 2.15. The van der Waals surface area contributed by atoms with Crippen LogP contribution in [0.1, 0.15) is 26.4 Å². The van der Waals surface area contributed by atoms with Gasteiger partial charge in [-0.05, 0) is 71.4 Å². The fourth-order valence-electron chi connectivity index (χ4n) is 2.98. The summed E-state index contributed by atoms with van der Waals surface area (Å²) in [6, 6.07) is 15.7. The van der Waals surface area contributed by atoms with Crippen LogP contribution in [0, 0.1) is 6.92 Å². The van der Waals surface area contributed by atoms with Crippen LogP contribution < -0.4 is 11.1 Å². The van der Waals surface area contributed by atoms with Crippen molar-refractivity contribution < 1.29 is 9.59 Å². The van der Waals surface area contributed by atoms with Crippen molar-refractivity contribution in [1.29, 1.82) is 0 Å². The Labute approximate surface area is 165 Å². The number of nitrogens with two attached hydrogens (primary N) is 1. The van der Waals surface area contributed by atoms with E-state index in [4.69, 9.17) is 5.73 Å². The minimum atomic E-state index is -0.524. The van der Waals surface area contributed by atoms with E-state index in [9.17, 15) is 9.59 Å². The van der Waals surface area contributed by atoms with Crippen molar-refractivity contribution in [2.75, 3.05) is 5.32 Å². The first-order chi connectivity index (χ1) is 14.0. The highest BCUT2D eigenvalue weighted by atomic mass is 16.2. The summed E-state index contributed by atoms with van der Waals surface area (Å²) in [6.07, 6.45) is 1.83. The summed E-state index contributed by atoms with van der Waals surface area (Å²) >= 11 is 0. The predicted octanol–water partition coefficient (Wildman–Crippen LogP) is 2.32. The Kier molecular flexibility index (Phi) is 4.62. The van der Waals surface area contributed by atoms with Crippen LogP contribution >= 0.6 is 0 Å². The minimum Gasteiger partial charge on any atom is -0.366 e. The smallest absolute Gasteiger partial charge is 0.272 e. The standard InChI is InChI=1S/C20H17N7O2/c1-12-9-17(27(11-12)16-4-2-3-14(10-16)18(21)28)20(29)22-15-7-5-13(6-8-15)19-23-25-26-24-19/h2-11H,1H3,(H2,21,28)(H,22,29)(H,23,24,25,26). The highest BCUT2D eigenvalue weighted by molar-refractivity contribution is 6.04. The van der Waals surface area contributed by atoms with E-state index in [1.54, 1.807) is 53.1 Å². The number of anilines is 1. The molecule has 0 unspecified atom stereocenters. The molecule has 2 aromatic carbocycles. The molecule has 0 saturated heterocycles. The molecule has 4 rings (SSSR count). The molecule has 9 heteroatoms. The number of aromatic amines is 1. The Morgan fingerprint density at radius 2 is 1.90 bits per heavy atom. The van der Waals surface area contributed by atoms with Gasteiger partial charge in [-0.1, -0.05) is 6.07 Å². The molecule has 0 aliphatic carbocycles. The van der Waals surface area contributed by atoms with E-state index in [2.05, 4.69) is 25.9 Å². The van der Waals surface area contributed by atoms with Gasteiger partial charge in [0.1, 0.15) is 5.69 Å². The molecule has 9 nitrogen and oxygen atoms in total. The number of rotatable bonds is 5. The number of nitrogens with one attached hydrogen (secondary N) is 2. The Hall–Kier alpha value is -4.27. The number of benzene rings is 2. The fraction of sp³-hybridized carbons (Fsp3) is 0.0500. The van der Waals surface area contributed by atoms with Crippen LogP contribution in [0.3, 0.4) is 0 Å². The predicted molar refractivity (Wildman–Crippen MR) is 107 cm³/mol. The largest absolute Gasteiger partial charge is 0.366 e. The summed E-state index contributed by atoms with van der Waals surface area (Å²) in [5, 5.41) is 16.5. The number of H-pyrrole nitrogens is 1. The number of aromatic nitrogens is 5. The summed E-state index contributed by atoms with van der Waals surface area (Å²) in [6.45, 7) is 1.89. The lowest BCUT2D eigenvalue weighted by Crippen LogP contribution is -2.16. The van der Waals surface area contributed by atoms with Gasteiger partial charge in [-0.3, -0.25) is 9.59 Å². The summed E-state index contributed by atoms with van der Waals surface area (Å²) in [7, 11) is 0. The molecular formula is C20H17N7O2. The molecule has 0 aliphatic heterocycles. The SMILES string of the molecule is Cc1cc(C(=O)Nc2ccc(-c3nnn[nH]3)cc2)n(-c2cccc(C(N)=O)c2)c1. The maximum atomic E-state index is 12.9. The first-order valence-corrected chi connectivity index (χ1v) is 8.76. The lowest BCUT2D eigenvalue weighted by molar-refractivity contribution is 0.0997. The van der Waals surface area contributed by atoms with E-state index >= 15 is 0 Å². The van der Waals surface area contributed by atoms with E-state index in [0.29, 0.717) is 28.5 Å². The summed E-state index contributed by atoms with van der Waals surface area (Å²) in [4.78, 5) is 24.4. The van der Waals surface area contributed by atoms with Gasteiger partial charge >= 0.3 is 0 Å². The third-order valence-electron chi connectivity index (χ3n) is 4.36. The Balaban J connectivity index is 1.60. The normalized spacial score (nSPS) is 10.7. The van der Waals surface area contributed by atoms with Gasteiger partial charge in [0, 0.05) is 28.7 Å². The molecule has 0 radical (unpaired) electrons. The average molecular weight is 387 g/mol. The van der Waals surface area contributed by atoms with Crippen molar-refractivity contribution in [3.8, 4) is 17.1 Å². The number of carbonyl (C=O) groups excluding carboxylic acids is 2. The van der Waals surface area contributed by atoms with Crippen molar-refractivity contribution in [1.82, 2.24) is 25.2 Å². The van der Waals surface area contributed by atoms with Crippen molar-refractivity contribution in [3.05, 3.63) is 77.6 Å². The third-order valence-corrected chi connectivity index (χ3v) is 4.36. The Morgan fingerprint density at radius 1 is 1.10 bits per heavy atom. The number of amides is 2. The maximum absolute atomic E-state index is 12.9. The van der Waals surface area contributed by atoms with Crippen LogP contribution in [-0.2, 0) is 0 Å². The lowest BCUT2D eigenvalue weighted by atomic mass is 10.2. The molecule has 0 spiro atoms. The maximum Gasteiger partial charge on any atom is 0.272 e. The number of carbonyl (C=O) groups is 2. The monoisotopic (exact) mass is 387 g/mol. The number of hydrogen-bond acceptors (Lipinski definition) is 5. The summed E-state index contributed by atoms with van der Waals surface area (Å²) in [5.74, 6) is -0.262. The molecule has 29 heavy (non-hydrogen) atoms. The molecule has 4 N–H and O–H groups in total. The van der Waals surface area contributed by atoms with Gasteiger partial charge in [-0.15, -0.1) is 5.10 Å². The summed E-state index contributed by atoms with van der Waals surface area (Å²) < 4.78 is 1.73.